The molecule has 0 bridgehead atoms. The second kappa shape index (κ2) is 5.58. The monoisotopic (exact) mass is 227 g/mol. The van der Waals surface area contributed by atoms with Crippen molar-refractivity contribution in [3.63, 3.8) is 0 Å². The number of rotatable bonds is 3. The average Bonchev–Trinajstić information content (AvgIpc) is 2.71. The SMILES string of the molecule is CC(C)C1CCC(NC2CCSC2)CC1. The molecule has 1 aliphatic carbocycles. The van der Waals surface area contributed by atoms with E-state index in [9.17, 15) is 0 Å². The summed E-state index contributed by atoms with van der Waals surface area (Å²) in [7, 11) is 0. The maximum Gasteiger partial charge on any atom is 0.0168 e. The fraction of sp³-hybridized carbons (Fsp3) is 1.00. The van der Waals surface area contributed by atoms with Gasteiger partial charge < -0.3 is 5.32 Å². The average molecular weight is 227 g/mol. The van der Waals surface area contributed by atoms with Crippen molar-refractivity contribution in [2.24, 2.45) is 11.8 Å². The van der Waals surface area contributed by atoms with Gasteiger partial charge >= 0.3 is 0 Å². The minimum atomic E-state index is 0.829. The van der Waals surface area contributed by atoms with Crippen LogP contribution in [0.3, 0.4) is 0 Å². The number of thioether (sulfide) groups is 1. The van der Waals surface area contributed by atoms with Gasteiger partial charge in [-0.1, -0.05) is 13.8 Å². The quantitative estimate of drug-likeness (QED) is 0.794. The molecule has 0 aromatic carbocycles. The molecule has 0 aromatic rings. The van der Waals surface area contributed by atoms with Crippen LogP contribution in [0.2, 0.25) is 0 Å². The second-order valence-corrected chi connectivity index (χ2v) is 6.73. The van der Waals surface area contributed by atoms with Gasteiger partial charge in [-0.2, -0.15) is 11.8 Å². The van der Waals surface area contributed by atoms with Gasteiger partial charge in [0, 0.05) is 17.8 Å². The molecule has 1 N–H and O–H groups in total. The van der Waals surface area contributed by atoms with Crippen LogP contribution in [0.25, 0.3) is 0 Å². The third kappa shape index (κ3) is 3.39. The summed E-state index contributed by atoms with van der Waals surface area (Å²) >= 11 is 2.11. The Morgan fingerprint density at radius 1 is 1.00 bits per heavy atom. The fourth-order valence-corrected chi connectivity index (χ4v) is 4.12. The third-order valence-corrected chi connectivity index (χ3v) is 5.28. The third-order valence-electron chi connectivity index (χ3n) is 4.12. The summed E-state index contributed by atoms with van der Waals surface area (Å²) in [6.07, 6.45) is 7.15. The van der Waals surface area contributed by atoms with Crippen molar-refractivity contribution in [3.05, 3.63) is 0 Å². The minimum absolute atomic E-state index is 0.829. The van der Waals surface area contributed by atoms with Gasteiger partial charge in [0.05, 0.1) is 0 Å². The van der Waals surface area contributed by atoms with Crippen LogP contribution < -0.4 is 5.32 Å². The van der Waals surface area contributed by atoms with Gasteiger partial charge in [-0.25, -0.2) is 0 Å². The summed E-state index contributed by atoms with van der Waals surface area (Å²) in [5.74, 6) is 4.62. The standard InChI is InChI=1S/C13H25NS/c1-10(2)11-3-5-12(6-4-11)14-13-7-8-15-9-13/h10-14H,3-9H2,1-2H3. The van der Waals surface area contributed by atoms with Crippen LogP contribution in [0, 0.1) is 11.8 Å². The number of nitrogens with one attached hydrogen (secondary N) is 1. The fourth-order valence-electron chi connectivity index (χ4n) is 2.95. The van der Waals surface area contributed by atoms with E-state index in [0.29, 0.717) is 0 Å². The van der Waals surface area contributed by atoms with Crippen molar-refractivity contribution in [1.82, 2.24) is 5.32 Å². The normalized spacial score (nSPS) is 37.4. The first-order valence-electron chi connectivity index (χ1n) is 6.59. The summed E-state index contributed by atoms with van der Waals surface area (Å²) < 4.78 is 0. The summed E-state index contributed by atoms with van der Waals surface area (Å²) in [5, 5.41) is 3.86. The first kappa shape index (κ1) is 11.8. The minimum Gasteiger partial charge on any atom is -0.310 e. The van der Waals surface area contributed by atoms with E-state index >= 15 is 0 Å². The van der Waals surface area contributed by atoms with E-state index in [4.69, 9.17) is 0 Å². The highest BCUT2D eigenvalue weighted by molar-refractivity contribution is 7.99. The Morgan fingerprint density at radius 3 is 2.27 bits per heavy atom. The molecule has 0 amide bonds. The first-order chi connectivity index (χ1) is 7.25. The van der Waals surface area contributed by atoms with Gasteiger partial charge in [0.15, 0.2) is 0 Å². The molecular weight excluding hydrogens is 202 g/mol. The van der Waals surface area contributed by atoms with Crippen LogP contribution >= 0.6 is 11.8 Å². The van der Waals surface area contributed by atoms with Crippen LogP contribution in [0.4, 0.5) is 0 Å². The Labute approximate surface area is 98.8 Å². The van der Waals surface area contributed by atoms with E-state index in [1.54, 1.807) is 0 Å². The summed E-state index contributed by atoms with van der Waals surface area (Å²) in [4.78, 5) is 0. The Balaban J connectivity index is 1.68. The molecule has 1 saturated carbocycles. The van der Waals surface area contributed by atoms with E-state index in [1.165, 1.54) is 43.6 Å². The van der Waals surface area contributed by atoms with Gasteiger partial charge in [-0.15, -0.1) is 0 Å². The molecule has 88 valence electrons. The molecule has 2 fully saturated rings. The van der Waals surface area contributed by atoms with E-state index in [1.807, 2.05) is 0 Å². The molecule has 0 aromatic heterocycles. The molecule has 0 spiro atoms. The predicted octanol–water partition coefficient (Wildman–Crippen LogP) is 3.30. The lowest BCUT2D eigenvalue weighted by Crippen LogP contribution is -2.40. The van der Waals surface area contributed by atoms with Gasteiger partial charge in [0.1, 0.15) is 0 Å². The zero-order chi connectivity index (χ0) is 10.7. The van der Waals surface area contributed by atoms with Crippen molar-refractivity contribution in [2.45, 2.75) is 58.0 Å². The largest absolute Gasteiger partial charge is 0.310 e. The first-order valence-corrected chi connectivity index (χ1v) is 7.75. The van der Waals surface area contributed by atoms with Crippen LogP contribution in [0.15, 0.2) is 0 Å². The lowest BCUT2D eigenvalue weighted by atomic mass is 9.79. The molecule has 1 aliphatic heterocycles. The molecule has 1 unspecified atom stereocenters. The topological polar surface area (TPSA) is 12.0 Å². The van der Waals surface area contributed by atoms with Gasteiger partial charge in [-0.05, 0) is 49.7 Å². The highest BCUT2D eigenvalue weighted by atomic mass is 32.2. The van der Waals surface area contributed by atoms with Crippen molar-refractivity contribution in [1.29, 1.82) is 0 Å². The Hall–Kier alpha value is 0.310. The van der Waals surface area contributed by atoms with Crippen molar-refractivity contribution in [3.8, 4) is 0 Å². The lowest BCUT2D eigenvalue weighted by molar-refractivity contribution is 0.231. The van der Waals surface area contributed by atoms with E-state index in [0.717, 1.165) is 23.9 Å². The van der Waals surface area contributed by atoms with Crippen molar-refractivity contribution >= 4 is 11.8 Å². The van der Waals surface area contributed by atoms with Gasteiger partial charge in [0.25, 0.3) is 0 Å². The summed E-state index contributed by atoms with van der Waals surface area (Å²) in [5.41, 5.74) is 0. The molecule has 1 atom stereocenters. The lowest BCUT2D eigenvalue weighted by Gasteiger charge is -2.32. The van der Waals surface area contributed by atoms with Gasteiger partial charge in [-0.3, -0.25) is 0 Å². The van der Waals surface area contributed by atoms with Crippen LogP contribution in [0.5, 0.6) is 0 Å². The maximum absolute atomic E-state index is 3.86. The van der Waals surface area contributed by atoms with E-state index < -0.39 is 0 Å². The Kier molecular flexibility index (Phi) is 4.39. The molecule has 1 saturated heterocycles. The van der Waals surface area contributed by atoms with Crippen molar-refractivity contribution < 1.29 is 0 Å². The molecule has 2 aliphatic rings. The van der Waals surface area contributed by atoms with Crippen LogP contribution in [0.1, 0.15) is 46.0 Å². The van der Waals surface area contributed by atoms with E-state index in [-0.39, 0.29) is 0 Å². The van der Waals surface area contributed by atoms with Crippen molar-refractivity contribution in [2.75, 3.05) is 11.5 Å². The van der Waals surface area contributed by atoms with Gasteiger partial charge in [0.2, 0.25) is 0 Å². The number of hydrogen-bond donors (Lipinski definition) is 1. The summed E-state index contributed by atoms with van der Waals surface area (Å²) in [6, 6.07) is 1.67. The smallest absolute Gasteiger partial charge is 0.0168 e. The number of hydrogen-bond acceptors (Lipinski definition) is 2. The molecule has 2 heteroatoms. The molecule has 0 radical (unpaired) electrons. The Bertz CT molecular complexity index is 179. The molecule has 2 rings (SSSR count). The summed E-state index contributed by atoms with van der Waals surface area (Å²) in [6.45, 7) is 4.76. The zero-order valence-electron chi connectivity index (χ0n) is 10.2. The maximum atomic E-state index is 3.86. The molecule has 15 heavy (non-hydrogen) atoms. The van der Waals surface area contributed by atoms with E-state index in [2.05, 4.69) is 30.9 Å². The molecule has 1 nitrogen and oxygen atoms in total. The van der Waals surface area contributed by atoms with Crippen LogP contribution in [-0.2, 0) is 0 Å². The predicted molar refractivity (Wildman–Crippen MR) is 69.4 cm³/mol. The Morgan fingerprint density at radius 2 is 1.73 bits per heavy atom. The van der Waals surface area contributed by atoms with Crippen LogP contribution in [-0.4, -0.2) is 23.6 Å². The highest BCUT2D eigenvalue weighted by Gasteiger charge is 2.25. The molecular formula is C13H25NS. The highest BCUT2D eigenvalue weighted by Crippen LogP contribution is 2.30. The molecule has 1 heterocycles. The zero-order valence-corrected chi connectivity index (χ0v) is 11.0. The second-order valence-electron chi connectivity index (χ2n) is 5.58.